The van der Waals surface area contributed by atoms with E-state index in [9.17, 15) is 0 Å². The van der Waals surface area contributed by atoms with Gasteiger partial charge < -0.3 is 5.32 Å². The molecule has 1 fully saturated rings. The van der Waals surface area contributed by atoms with Crippen molar-refractivity contribution in [2.24, 2.45) is 0 Å². The van der Waals surface area contributed by atoms with Crippen molar-refractivity contribution < 1.29 is 0 Å². The van der Waals surface area contributed by atoms with Crippen LogP contribution in [0, 0.1) is 0 Å². The van der Waals surface area contributed by atoms with E-state index in [1.807, 2.05) is 0 Å². The molecule has 1 saturated heterocycles. The van der Waals surface area contributed by atoms with E-state index in [1.54, 1.807) is 0 Å². The van der Waals surface area contributed by atoms with Crippen molar-refractivity contribution in [3.05, 3.63) is 42.0 Å². The highest BCUT2D eigenvalue weighted by Crippen LogP contribution is 2.16. The highest BCUT2D eigenvalue weighted by Gasteiger charge is 2.20. The Hall–Kier alpha value is -1.12. The van der Waals surface area contributed by atoms with Gasteiger partial charge in [-0.1, -0.05) is 55.8 Å². The number of likely N-dealkylation sites (N-methyl/N-ethyl adjacent to an activating group) is 1. The van der Waals surface area contributed by atoms with Crippen LogP contribution in [-0.4, -0.2) is 37.1 Å². The maximum atomic E-state index is 3.49. The van der Waals surface area contributed by atoms with E-state index >= 15 is 0 Å². The zero-order chi connectivity index (χ0) is 13.3. The molecule has 1 unspecified atom stereocenters. The number of nitrogens with zero attached hydrogens (tertiary/aromatic N) is 1. The molecule has 1 heterocycles. The molecule has 0 amide bonds. The molecule has 19 heavy (non-hydrogen) atoms. The Morgan fingerprint density at radius 3 is 2.89 bits per heavy atom. The van der Waals surface area contributed by atoms with E-state index in [-0.39, 0.29) is 0 Å². The summed E-state index contributed by atoms with van der Waals surface area (Å²) in [7, 11) is 0. The van der Waals surface area contributed by atoms with E-state index < -0.39 is 0 Å². The molecule has 0 aliphatic carbocycles. The zero-order valence-electron chi connectivity index (χ0n) is 12.0. The third-order valence-electron chi connectivity index (χ3n) is 3.83. The maximum absolute atomic E-state index is 3.49. The van der Waals surface area contributed by atoms with Gasteiger partial charge in [0.05, 0.1) is 0 Å². The van der Waals surface area contributed by atoms with E-state index in [0.29, 0.717) is 6.04 Å². The molecule has 2 nitrogen and oxygen atoms in total. The topological polar surface area (TPSA) is 15.3 Å². The SMILES string of the molecule is CCNCC1CCCCN1CC=Cc1ccccc1. The lowest BCUT2D eigenvalue weighted by Crippen LogP contribution is -2.45. The van der Waals surface area contributed by atoms with Crippen molar-refractivity contribution in [1.29, 1.82) is 0 Å². The molecule has 1 aromatic carbocycles. The van der Waals surface area contributed by atoms with E-state index in [2.05, 4.69) is 59.6 Å². The molecule has 0 bridgehead atoms. The number of rotatable bonds is 6. The second-order valence-electron chi connectivity index (χ2n) is 5.27. The lowest BCUT2D eigenvalue weighted by atomic mass is 10.0. The third kappa shape index (κ3) is 4.81. The van der Waals surface area contributed by atoms with Gasteiger partial charge in [-0.25, -0.2) is 0 Å². The Kier molecular flexibility index (Phi) is 6.12. The van der Waals surface area contributed by atoms with Crippen LogP contribution in [0.25, 0.3) is 6.08 Å². The summed E-state index contributed by atoms with van der Waals surface area (Å²) in [5, 5.41) is 3.49. The predicted molar refractivity (Wildman–Crippen MR) is 83.2 cm³/mol. The molecule has 1 aliphatic heterocycles. The molecule has 0 spiro atoms. The number of likely N-dealkylation sites (tertiary alicyclic amines) is 1. The normalized spacial score (nSPS) is 21.0. The average molecular weight is 258 g/mol. The van der Waals surface area contributed by atoms with Crippen LogP contribution in [0.3, 0.4) is 0 Å². The molecule has 0 aromatic heterocycles. The molecular formula is C17H26N2. The van der Waals surface area contributed by atoms with Gasteiger partial charge in [-0.2, -0.15) is 0 Å². The van der Waals surface area contributed by atoms with Crippen LogP contribution in [0.4, 0.5) is 0 Å². The van der Waals surface area contributed by atoms with Gasteiger partial charge in [0, 0.05) is 19.1 Å². The van der Waals surface area contributed by atoms with Gasteiger partial charge >= 0.3 is 0 Å². The Balaban J connectivity index is 1.84. The minimum absolute atomic E-state index is 0.717. The Labute approximate surface area is 117 Å². The molecule has 1 aromatic rings. The van der Waals surface area contributed by atoms with Crippen molar-refractivity contribution in [2.45, 2.75) is 32.2 Å². The first kappa shape index (κ1) is 14.3. The van der Waals surface area contributed by atoms with E-state index in [1.165, 1.54) is 31.4 Å². The molecule has 0 radical (unpaired) electrons. The molecule has 1 aliphatic rings. The smallest absolute Gasteiger partial charge is 0.0223 e. The minimum Gasteiger partial charge on any atom is -0.315 e. The van der Waals surface area contributed by atoms with Crippen LogP contribution in [0.1, 0.15) is 31.7 Å². The lowest BCUT2D eigenvalue weighted by Gasteiger charge is -2.35. The number of benzene rings is 1. The molecule has 1 N–H and O–H groups in total. The summed E-state index contributed by atoms with van der Waals surface area (Å²) in [4.78, 5) is 2.62. The quantitative estimate of drug-likeness (QED) is 0.843. The second-order valence-corrected chi connectivity index (χ2v) is 5.27. The fourth-order valence-corrected chi connectivity index (χ4v) is 2.73. The van der Waals surface area contributed by atoms with Crippen LogP contribution >= 0.6 is 0 Å². The molecule has 2 rings (SSSR count). The minimum atomic E-state index is 0.717. The summed E-state index contributed by atoms with van der Waals surface area (Å²) in [5.41, 5.74) is 1.29. The summed E-state index contributed by atoms with van der Waals surface area (Å²) in [6.07, 6.45) is 8.61. The van der Waals surface area contributed by atoms with Gasteiger partial charge in [0.15, 0.2) is 0 Å². The molecule has 1 atom stereocenters. The number of piperidine rings is 1. The van der Waals surface area contributed by atoms with Crippen LogP contribution in [-0.2, 0) is 0 Å². The molecule has 0 saturated carbocycles. The number of hydrogen-bond donors (Lipinski definition) is 1. The fourth-order valence-electron chi connectivity index (χ4n) is 2.73. The summed E-state index contributed by atoms with van der Waals surface area (Å²) in [5.74, 6) is 0. The van der Waals surface area contributed by atoms with Crippen LogP contribution < -0.4 is 5.32 Å². The molecule has 104 valence electrons. The number of hydrogen-bond acceptors (Lipinski definition) is 2. The van der Waals surface area contributed by atoms with Gasteiger partial charge in [-0.3, -0.25) is 4.90 Å². The Morgan fingerprint density at radius 2 is 2.11 bits per heavy atom. The molecular weight excluding hydrogens is 232 g/mol. The third-order valence-corrected chi connectivity index (χ3v) is 3.83. The van der Waals surface area contributed by atoms with Crippen molar-refractivity contribution in [1.82, 2.24) is 10.2 Å². The van der Waals surface area contributed by atoms with Crippen LogP contribution in [0.15, 0.2) is 36.4 Å². The van der Waals surface area contributed by atoms with E-state index in [4.69, 9.17) is 0 Å². The monoisotopic (exact) mass is 258 g/mol. The highest BCUT2D eigenvalue weighted by molar-refractivity contribution is 5.48. The Morgan fingerprint density at radius 1 is 1.26 bits per heavy atom. The van der Waals surface area contributed by atoms with Gasteiger partial charge in [0.25, 0.3) is 0 Å². The van der Waals surface area contributed by atoms with Crippen molar-refractivity contribution in [3.8, 4) is 0 Å². The Bertz CT molecular complexity index is 372. The standard InChI is InChI=1S/C17H26N2/c1-2-18-15-17-12-6-7-13-19(17)14-8-11-16-9-4-3-5-10-16/h3-5,8-11,17-18H,2,6-7,12-15H2,1H3. The van der Waals surface area contributed by atoms with Gasteiger partial charge in [-0.15, -0.1) is 0 Å². The zero-order valence-corrected chi connectivity index (χ0v) is 12.0. The van der Waals surface area contributed by atoms with Gasteiger partial charge in [0.1, 0.15) is 0 Å². The van der Waals surface area contributed by atoms with E-state index in [0.717, 1.165) is 19.6 Å². The lowest BCUT2D eigenvalue weighted by molar-refractivity contribution is 0.162. The van der Waals surface area contributed by atoms with Crippen molar-refractivity contribution in [3.63, 3.8) is 0 Å². The summed E-state index contributed by atoms with van der Waals surface area (Å²) in [6.45, 7) is 6.71. The second kappa shape index (κ2) is 8.13. The van der Waals surface area contributed by atoms with Crippen molar-refractivity contribution >= 4 is 6.08 Å². The number of nitrogens with one attached hydrogen (secondary N) is 1. The highest BCUT2D eigenvalue weighted by atomic mass is 15.2. The largest absolute Gasteiger partial charge is 0.315 e. The van der Waals surface area contributed by atoms with Gasteiger partial charge in [0.2, 0.25) is 0 Å². The molecule has 2 heteroatoms. The first-order valence-electron chi connectivity index (χ1n) is 7.56. The van der Waals surface area contributed by atoms with Crippen molar-refractivity contribution in [2.75, 3.05) is 26.2 Å². The van der Waals surface area contributed by atoms with Crippen LogP contribution in [0.5, 0.6) is 0 Å². The van der Waals surface area contributed by atoms with Gasteiger partial charge in [-0.05, 0) is 31.5 Å². The first-order valence-corrected chi connectivity index (χ1v) is 7.56. The summed E-state index contributed by atoms with van der Waals surface area (Å²) in [6, 6.07) is 11.3. The predicted octanol–water partition coefficient (Wildman–Crippen LogP) is 3.16. The fraction of sp³-hybridized carbons (Fsp3) is 0.529. The summed E-state index contributed by atoms with van der Waals surface area (Å²) < 4.78 is 0. The summed E-state index contributed by atoms with van der Waals surface area (Å²) >= 11 is 0. The first-order chi connectivity index (χ1) is 9.40. The van der Waals surface area contributed by atoms with Crippen LogP contribution in [0.2, 0.25) is 0 Å². The maximum Gasteiger partial charge on any atom is 0.0223 e. The average Bonchev–Trinajstić information content (AvgIpc) is 2.47.